The van der Waals surface area contributed by atoms with Gasteiger partial charge in [0, 0.05) is 12.1 Å². The second-order valence-corrected chi connectivity index (χ2v) is 7.10. The number of hydrogen-bond acceptors (Lipinski definition) is 4. The molecule has 0 atom stereocenters. The zero-order chi connectivity index (χ0) is 20.4. The molecule has 28 heavy (non-hydrogen) atoms. The number of esters is 1. The van der Waals surface area contributed by atoms with E-state index in [1.54, 1.807) is 0 Å². The molecule has 1 saturated carbocycles. The third-order valence-electron chi connectivity index (χ3n) is 5.20. The number of carbonyl (C=O) groups is 3. The number of hydrogen-bond donors (Lipinski definition) is 1. The lowest BCUT2D eigenvalue weighted by molar-refractivity contribution is -0.148. The summed E-state index contributed by atoms with van der Waals surface area (Å²) in [6.07, 6.45) is -0.960. The van der Waals surface area contributed by atoms with Crippen LogP contribution in [0.15, 0.2) is 24.3 Å². The topological polar surface area (TPSA) is 75.7 Å². The molecule has 2 fully saturated rings. The predicted octanol–water partition coefficient (Wildman–Crippen LogP) is 3.39. The first-order valence-corrected chi connectivity index (χ1v) is 9.18. The normalized spacial score (nSPS) is 19.0. The summed E-state index contributed by atoms with van der Waals surface area (Å²) in [4.78, 5) is 37.7. The maximum Gasteiger partial charge on any atom is 0.416 e. The van der Waals surface area contributed by atoms with Crippen LogP contribution in [0.3, 0.4) is 0 Å². The van der Waals surface area contributed by atoms with E-state index in [0.29, 0.717) is 12.8 Å². The number of alkyl halides is 3. The Labute approximate surface area is 160 Å². The maximum absolute atomic E-state index is 13.0. The maximum atomic E-state index is 13.0. The Balaban J connectivity index is 1.54. The van der Waals surface area contributed by atoms with Gasteiger partial charge in [-0.2, -0.15) is 13.2 Å². The highest BCUT2D eigenvalue weighted by Gasteiger charge is 2.51. The standard InChI is InChI=1S/C19H21F3N2O4/c20-19(21,22)14-7-3-2-6-13(14)12-28-15(25)8-11-24-16(26)18(23-17(24)27)9-4-1-5-10-18/h2-3,6-7H,1,4-5,8-12H2,(H,23,27). The van der Waals surface area contributed by atoms with Crippen LogP contribution in [0.2, 0.25) is 0 Å². The molecule has 6 nitrogen and oxygen atoms in total. The first kappa shape index (κ1) is 20.2. The number of amides is 3. The number of nitrogens with zero attached hydrogens (tertiary/aromatic N) is 1. The number of carbonyl (C=O) groups excluding carboxylic acids is 3. The van der Waals surface area contributed by atoms with E-state index in [2.05, 4.69) is 5.32 Å². The fourth-order valence-corrected chi connectivity index (χ4v) is 3.73. The van der Waals surface area contributed by atoms with Crippen LogP contribution >= 0.6 is 0 Å². The lowest BCUT2D eigenvalue weighted by Gasteiger charge is -2.30. The zero-order valence-corrected chi connectivity index (χ0v) is 15.2. The molecule has 0 aromatic heterocycles. The lowest BCUT2D eigenvalue weighted by Crippen LogP contribution is -2.48. The Morgan fingerprint density at radius 2 is 1.82 bits per heavy atom. The molecule has 9 heteroatoms. The van der Waals surface area contributed by atoms with Crippen LogP contribution in [-0.4, -0.2) is 34.9 Å². The van der Waals surface area contributed by atoms with Crippen LogP contribution in [0.25, 0.3) is 0 Å². The number of halogens is 3. The molecule has 3 rings (SSSR count). The predicted molar refractivity (Wildman–Crippen MR) is 91.9 cm³/mol. The van der Waals surface area contributed by atoms with Gasteiger partial charge < -0.3 is 10.1 Å². The molecule has 1 aliphatic carbocycles. The summed E-state index contributed by atoms with van der Waals surface area (Å²) in [5.74, 6) is -1.12. The molecule has 1 saturated heterocycles. The van der Waals surface area contributed by atoms with Gasteiger partial charge in [0.15, 0.2) is 0 Å². The van der Waals surface area contributed by atoms with Crippen molar-refractivity contribution in [2.24, 2.45) is 0 Å². The van der Waals surface area contributed by atoms with Gasteiger partial charge in [0.25, 0.3) is 5.91 Å². The molecule has 1 aromatic carbocycles. The van der Waals surface area contributed by atoms with Gasteiger partial charge in [-0.1, -0.05) is 37.5 Å². The fourth-order valence-electron chi connectivity index (χ4n) is 3.73. The number of nitrogens with one attached hydrogen (secondary N) is 1. The second-order valence-electron chi connectivity index (χ2n) is 7.10. The van der Waals surface area contributed by atoms with Crippen LogP contribution in [-0.2, 0) is 27.1 Å². The van der Waals surface area contributed by atoms with Crippen molar-refractivity contribution in [3.8, 4) is 0 Å². The minimum atomic E-state index is -4.54. The van der Waals surface area contributed by atoms with Gasteiger partial charge in [-0.3, -0.25) is 14.5 Å². The summed E-state index contributed by atoms with van der Waals surface area (Å²) in [6, 6.07) is 4.30. The summed E-state index contributed by atoms with van der Waals surface area (Å²) >= 11 is 0. The van der Waals surface area contributed by atoms with E-state index in [1.165, 1.54) is 18.2 Å². The van der Waals surface area contributed by atoms with Crippen molar-refractivity contribution in [3.63, 3.8) is 0 Å². The van der Waals surface area contributed by atoms with Crippen LogP contribution in [0, 0.1) is 0 Å². The highest BCUT2D eigenvalue weighted by Crippen LogP contribution is 2.34. The average Bonchev–Trinajstić information content (AvgIpc) is 2.88. The average molecular weight is 398 g/mol. The molecule has 2 aliphatic rings. The van der Waals surface area contributed by atoms with Crippen LogP contribution in [0.4, 0.5) is 18.0 Å². The molecular formula is C19H21F3N2O4. The van der Waals surface area contributed by atoms with Crippen molar-refractivity contribution in [1.82, 2.24) is 10.2 Å². The van der Waals surface area contributed by atoms with Crippen molar-refractivity contribution in [1.29, 1.82) is 0 Å². The number of rotatable bonds is 5. The first-order chi connectivity index (χ1) is 13.2. The van der Waals surface area contributed by atoms with E-state index < -0.39 is 35.9 Å². The Morgan fingerprint density at radius 1 is 1.14 bits per heavy atom. The smallest absolute Gasteiger partial charge is 0.416 e. The molecule has 1 N–H and O–H groups in total. The summed E-state index contributed by atoms with van der Waals surface area (Å²) in [6.45, 7) is -0.690. The molecule has 0 radical (unpaired) electrons. The van der Waals surface area contributed by atoms with Gasteiger partial charge in [-0.05, 0) is 18.9 Å². The highest BCUT2D eigenvalue weighted by molar-refractivity contribution is 6.07. The molecule has 1 aromatic rings. The fraction of sp³-hybridized carbons (Fsp3) is 0.526. The van der Waals surface area contributed by atoms with Gasteiger partial charge in [-0.15, -0.1) is 0 Å². The molecular weight excluding hydrogens is 377 g/mol. The van der Waals surface area contributed by atoms with Gasteiger partial charge >= 0.3 is 18.2 Å². The van der Waals surface area contributed by atoms with E-state index in [1.807, 2.05) is 0 Å². The molecule has 0 unspecified atom stereocenters. The van der Waals surface area contributed by atoms with E-state index in [0.717, 1.165) is 30.2 Å². The van der Waals surface area contributed by atoms with Gasteiger partial charge in [0.2, 0.25) is 0 Å². The Kier molecular flexibility index (Phi) is 5.62. The van der Waals surface area contributed by atoms with Gasteiger partial charge in [0.05, 0.1) is 12.0 Å². The Morgan fingerprint density at radius 3 is 2.50 bits per heavy atom. The van der Waals surface area contributed by atoms with E-state index >= 15 is 0 Å². The molecule has 1 heterocycles. The number of benzene rings is 1. The Hall–Kier alpha value is -2.58. The summed E-state index contributed by atoms with van der Waals surface area (Å²) in [5.41, 5.74) is -1.89. The SMILES string of the molecule is O=C(CCN1C(=O)NC2(CCCCC2)C1=O)OCc1ccccc1C(F)(F)F. The van der Waals surface area contributed by atoms with E-state index in [9.17, 15) is 27.6 Å². The molecule has 0 bridgehead atoms. The van der Waals surface area contributed by atoms with Crippen molar-refractivity contribution in [2.45, 2.75) is 56.8 Å². The Bertz CT molecular complexity index is 773. The summed E-state index contributed by atoms with van der Waals surface area (Å²) < 4.78 is 43.8. The molecule has 152 valence electrons. The van der Waals surface area contributed by atoms with E-state index in [-0.39, 0.29) is 24.4 Å². The number of imide groups is 1. The van der Waals surface area contributed by atoms with Gasteiger partial charge in [-0.25, -0.2) is 4.79 Å². The van der Waals surface area contributed by atoms with Crippen molar-refractivity contribution >= 4 is 17.9 Å². The minimum absolute atomic E-state index is 0.153. The van der Waals surface area contributed by atoms with Crippen LogP contribution < -0.4 is 5.32 Å². The summed E-state index contributed by atoms with van der Waals surface area (Å²) in [7, 11) is 0. The third-order valence-corrected chi connectivity index (χ3v) is 5.20. The minimum Gasteiger partial charge on any atom is -0.461 e. The zero-order valence-electron chi connectivity index (χ0n) is 15.2. The van der Waals surface area contributed by atoms with Crippen LogP contribution in [0.5, 0.6) is 0 Å². The monoisotopic (exact) mass is 398 g/mol. The number of urea groups is 1. The quantitative estimate of drug-likeness (QED) is 0.609. The molecule has 1 spiro atoms. The third kappa shape index (κ3) is 4.13. The summed E-state index contributed by atoms with van der Waals surface area (Å²) in [5, 5.41) is 2.74. The second kappa shape index (κ2) is 7.81. The van der Waals surface area contributed by atoms with Gasteiger partial charge in [0.1, 0.15) is 12.1 Å². The van der Waals surface area contributed by atoms with E-state index in [4.69, 9.17) is 4.74 Å². The number of ether oxygens (including phenoxy) is 1. The largest absolute Gasteiger partial charge is 0.461 e. The van der Waals surface area contributed by atoms with Crippen LogP contribution in [0.1, 0.15) is 49.7 Å². The lowest BCUT2D eigenvalue weighted by atomic mass is 9.82. The van der Waals surface area contributed by atoms with Crippen molar-refractivity contribution in [2.75, 3.05) is 6.54 Å². The highest BCUT2D eigenvalue weighted by atomic mass is 19.4. The first-order valence-electron chi connectivity index (χ1n) is 9.18. The van der Waals surface area contributed by atoms with Crippen molar-refractivity contribution < 1.29 is 32.3 Å². The van der Waals surface area contributed by atoms with Crippen molar-refractivity contribution in [3.05, 3.63) is 35.4 Å². The molecule has 3 amide bonds. The molecule has 1 aliphatic heterocycles.